The minimum absolute atomic E-state index is 0.0712. The van der Waals surface area contributed by atoms with Crippen LogP contribution in [0.3, 0.4) is 0 Å². The maximum Gasteiger partial charge on any atom is 0.165 e. The van der Waals surface area contributed by atoms with Crippen LogP contribution in [0, 0.1) is 0 Å². The molecule has 2 unspecified atom stereocenters. The third-order valence-electron chi connectivity index (χ3n) is 7.62. The molecule has 0 bridgehead atoms. The molecule has 1 aliphatic rings. The minimum atomic E-state index is 0.0712. The molecule has 1 aromatic carbocycles. The fourth-order valence-corrected chi connectivity index (χ4v) is 6.33. The van der Waals surface area contributed by atoms with Gasteiger partial charge < -0.3 is 16.4 Å². The molecule has 236 valence electrons. The molecule has 0 amide bonds. The molecule has 1 saturated heterocycles. The van der Waals surface area contributed by atoms with Crippen molar-refractivity contribution in [3.8, 4) is 22.4 Å². The highest BCUT2D eigenvalue weighted by molar-refractivity contribution is 7.98. The molecule has 0 spiro atoms. The maximum atomic E-state index is 6.80. The van der Waals surface area contributed by atoms with Crippen LogP contribution in [0.25, 0.3) is 28.0 Å². The molecule has 4 N–H and O–H groups in total. The predicted octanol–water partition coefficient (Wildman–Crippen LogP) is 7.63. The van der Waals surface area contributed by atoms with Gasteiger partial charge in [0.15, 0.2) is 5.65 Å². The second-order valence-corrected chi connectivity index (χ2v) is 11.0. The topological polar surface area (TPSA) is 119 Å². The number of anilines is 2. The molecule has 5 aromatic rings. The van der Waals surface area contributed by atoms with Gasteiger partial charge in [0.05, 0.1) is 40.1 Å². The number of pyridine rings is 1. The molecule has 45 heavy (non-hydrogen) atoms. The van der Waals surface area contributed by atoms with Crippen LogP contribution in [-0.2, 0) is 6.42 Å². The van der Waals surface area contributed by atoms with Crippen LogP contribution in [0.1, 0.15) is 64.3 Å². The molecular formula is C35H45N9S. The molecular weight excluding hydrogens is 579 g/mol. The van der Waals surface area contributed by atoms with E-state index in [1.807, 2.05) is 70.6 Å². The lowest BCUT2D eigenvalue weighted by molar-refractivity contribution is 0.475. The van der Waals surface area contributed by atoms with E-state index >= 15 is 0 Å². The van der Waals surface area contributed by atoms with Crippen LogP contribution in [0.4, 0.5) is 11.5 Å². The van der Waals surface area contributed by atoms with Gasteiger partial charge in [-0.2, -0.15) is 9.61 Å². The summed E-state index contributed by atoms with van der Waals surface area (Å²) in [4.78, 5) is 19.8. The van der Waals surface area contributed by atoms with E-state index in [-0.39, 0.29) is 5.92 Å². The lowest BCUT2D eigenvalue weighted by Gasteiger charge is -2.24. The first-order valence-electron chi connectivity index (χ1n) is 15.8. The summed E-state index contributed by atoms with van der Waals surface area (Å²) in [7, 11) is 0. The van der Waals surface area contributed by atoms with Gasteiger partial charge in [0, 0.05) is 41.3 Å². The van der Waals surface area contributed by atoms with Crippen molar-refractivity contribution in [2.75, 3.05) is 23.9 Å². The number of fused-ring (bicyclic) bond motifs is 1. The van der Waals surface area contributed by atoms with Crippen molar-refractivity contribution in [1.82, 2.24) is 34.9 Å². The van der Waals surface area contributed by atoms with Gasteiger partial charge in [0.2, 0.25) is 0 Å². The smallest absolute Gasteiger partial charge is 0.165 e. The van der Waals surface area contributed by atoms with Crippen LogP contribution in [0.2, 0.25) is 0 Å². The summed E-state index contributed by atoms with van der Waals surface area (Å²) in [6, 6.07) is 14.7. The fourth-order valence-electron chi connectivity index (χ4n) is 5.61. The van der Waals surface area contributed by atoms with Gasteiger partial charge in [-0.1, -0.05) is 70.7 Å². The Labute approximate surface area is 271 Å². The largest absolute Gasteiger partial charge is 0.383 e. The Bertz CT molecular complexity index is 1650. The molecule has 4 aromatic heterocycles. The predicted molar refractivity (Wildman–Crippen MR) is 188 cm³/mol. The van der Waals surface area contributed by atoms with Crippen LogP contribution < -0.4 is 16.4 Å². The molecule has 6 rings (SSSR count). The zero-order valence-electron chi connectivity index (χ0n) is 27.0. The minimum Gasteiger partial charge on any atom is -0.383 e. The summed E-state index contributed by atoms with van der Waals surface area (Å²) in [6.07, 6.45) is 14.7. The van der Waals surface area contributed by atoms with E-state index in [2.05, 4.69) is 50.5 Å². The lowest BCUT2D eigenvalue weighted by Crippen LogP contribution is -2.26. The summed E-state index contributed by atoms with van der Waals surface area (Å²) < 4.78 is 1.75. The first-order chi connectivity index (χ1) is 22.2. The highest BCUT2D eigenvalue weighted by atomic mass is 32.2. The standard InChI is InChI=1S/C31H33N9S.2C2H6/c1-3-34-27-18-33-19-37-26(27)15-22(14-23-10-7-13-35-23)28-29(41-2)30(32)40-31(39-28)24(17-38-40)21-11-12-25(36-16-21)20-8-5-4-6-9-20;2*1-2/h3-6,8-9,11-12,16-19,22-23,34-35H,1,7,10,13-15,32H2,2H3;2*1-2H3. The number of nitrogens with one attached hydrogen (secondary N) is 2. The fraction of sp³-hybridized carbons (Fsp3) is 0.343. The number of hydrogen-bond donors (Lipinski definition) is 3. The second kappa shape index (κ2) is 16.7. The Hall–Kier alpha value is -4.28. The number of thioether (sulfide) groups is 1. The van der Waals surface area contributed by atoms with E-state index in [9.17, 15) is 0 Å². The molecule has 2 atom stereocenters. The molecule has 1 fully saturated rings. The third kappa shape index (κ3) is 7.69. The molecule has 0 saturated carbocycles. The Morgan fingerprint density at radius 1 is 1.07 bits per heavy atom. The number of nitrogens with two attached hydrogens (primary N) is 1. The average Bonchev–Trinajstić information content (AvgIpc) is 3.78. The zero-order valence-corrected chi connectivity index (χ0v) is 27.8. The normalized spacial score (nSPS) is 14.6. The van der Waals surface area contributed by atoms with E-state index in [1.165, 1.54) is 6.42 Å². The second-order valence-electron chi connectivity index (χ2n) is 10.2. The highest BCUT2D eigenvalue weighted by Crippen LogP contribution is 2.38. The van der Waals surface area contributed by atoms with Gasteiger partial charge in [-0.3, -0.25) is 4.98 Å². The maximum absolute atomic E-state index is 6.80. The highest BCUT2D eigenvalue weighted by Gasteiger charge is 2.28. The van der Waals surface area contributed by atoms with Crippen molar-refractivity contribution in [3.63, 3.8) is 0 Å². The van der Waals surface area contributed by atoms with Crippen molar-refractivity contribution in [3.05, 3.63) is 91.5 Å². The Morgan fingerprint density at radius 2 is 1.87 bits per heavy atom. The van der Waals surface area contributed by atoms with E-state index in [0.29, 0.717) is 18.3 Å². The Kier molecular flexibility index (Phi) is 12.5. The van der Waals surface area contributed by atoms with Crippen LogP contribution in [0.5, 0.6) is 0 Å². The van der Waals surface area contributed by atoms with Crippen molar-refractivity contribution < 1.29 is 0 Å². The van der Waals surface area contributed by atoms with Crippen LogP contribution in [0.15, 0.2) is 85.1 Å². The molecule has 10 heteroatoms. The van der Waals surface area contributed by atoms with Crippen molar-refractivity contribution >= 4 is 28.9 Å². The first-order valence-corrected chi connectivity index (χ1v) is 17.0. The quantitative estimate of drug-likeness (QED) is 0.135. The van der Waals surface area contributed by atoms with Crippen molar-refractivity contribution in [1.29, 1.82) is 0 Å². The van der Waals surface area contributed by atoms with Crippen LogP contribution >= 0.6 is 11.8 Å². The molecule has 0 aliphatic carbocycles. The average molecular weight is 624 g/mol. The molecule has 5 heterocycles. The van der Waals surface area contributed by atoms with Crippen molar-refractivity contribution in [2.24, 2.45) is 0 Å². The number of aromatic nitrogens is 6. The van der Waals surface area contributed by atoms with Gasteiger partial charge in [0.25, 0.3) is 0 Å². The number of nitrogens with zero attached hydrogens (tertiary/aromatic N) is 6. The molecule has 9 nitrogen and oxygen atoms in total. The van der Waals surface area contributed by atoms with E-state index < -0.39 is 0 Å². The Balaban J connectivity index is 0.00000111. The number of benzene rings is 1. The van der Waals surface area contributed by atoms with Gasteiger partial charge in [-0.25, -0.2) is 15.0 Å². The summed E-state index contributed by atoms with van der Waals surface area (Å²) >= 11 is 1.61. The summed E-state index contributed by atoms with van der Waals surface area (Å²) in [5, 5.41) is 11.5. The number of rotatable bonds is 10. The van der Waals surface area contributed by atoms with E-state index in [4.69, 9.17) is 15.7 Å². The summed E-state index contributed by atoms with van der Waals surface area (Å²) in [6.45, 7) is 12.9. The zero-order chi connectivity index (χ0) is 32.2. The molecule has 1 aliphatic heterocycles. The van der Waals surface area contributed by atoms with Gasteiger partial charge in [0.1, 0.15) is 12.1 Å². The summed E-state index contributed by atoms with van der Waals surface area (Å²) in [5.74, 6) is 0.663. The lowest BCUT2D eigenvalue weighted by atomic mass is 9.90. The van der Waals surface area contributed by atoms with E-state index in [1.54, 1.807) is 35.0 Å². The van der Waals surface area contributed by atoms with Gasteiger partial charge in [-0.15, -0.1) is 11.8 Å². The summed E-state index contributed by atoms with van der Waals surface area (Å²) in [5.41, 5.74) is 14.1. The molecule has 0 radical (unpaired) electrons. The van der Waals surface area contributed by atoms with Gasteiger partial charge >= 0.3 is 0 Å². The Morgan fingerprint density at radius 3 is 2.53 bits per heavy atom. The number of nitrogen functional groups attached to an aromatic ring is 1. The van der Waals surface area contributed by atoms with E-state index in [0.717, 1.165) is 69.4 Å². The third-order valence-corrected chi connectivity index (χ3v) is 8.45. The monoisotopic (exact) mass is 623 g/mol. The van der Waals surface area contributed by atoms with Crippen molar-refractivity contribution in [2.45, 2.75) is 70.2 Å². The first kappa shape index (κ1) is 33.6. The number of hydrogen-bond acceptors (Lipinski definition) is 9. The van der Waals surface area contributed by atoms with Gasteiger partial charge in [-0.05, 0) is 44.3 Å². The SMILES string of the molecule is C=CNc1cncnc1CC(CC1CCCN1)c1nc2c(-c3ccc(-c4ccccc4)nc3)cnn2c(N)c1SC.CC.CC. The van der Waals surface area contributed by atoms with Crippen LogP contribution in [-0.4, -0.2) is 48.4 Å².